The smallest absolute Gasteiger partial charge is 0.340 e. The number of fused-ring (bicyclic) bond motifs is 1. The quantitative estimate of drug-likeness (QED) is 0.298. The summed E-state index contributed by atoms with van der Waals surface area (Å²) in [4.78, 5) is 8.93. The van der Waals surface area contributed by atoms with Crippen LogP contribution in [0.4, 0.5) is 24.7 Å². The molecule has 0 aliphatic carbocycles. The molecule has 2 heterocycles. The van der Waals surface area contributed by atoms with Crippen molar-refractivity contribution in [3.8, 4) is 16.8 Å². The Morgan fingerprint density at radius 3 is 2.35 bits per heavy atom. The van der Waals surface area contributed by atoms with Crippen molar-refractivity contribution in [1.82, 2.24) is 14.5 Å². The first-order valence-corrected chi connectivity index (χ1v) is 10.9. The third kappa shape index (κ3) is 4.12. The van der Waals surface area contributed by atoms with E-state index in [4.69, 9.17) is 0 Å². The molecule has 0 unspecified atom stereocenters. The molecule has 0 saturated heterocycles. The van der Waals surface area contributed by atoms with Crippen molar-refractivity contribution < 1.29 is 13.2 Å². The van der Waals surface area contributed by atoms with E-state index in [2.05, 4.69) is 22.2 Å². The molecule has 0 atom stereocenters. The fraction of sp³-hybridized carbons (Fsp3) is 0.111. The topological polar surface area (TPSA) is 42.7 Å². The number of nitrogens with one attached hydrogen (secondary N) is 1. The van der Waals surface area contributed by atoms with Crippen LogP contribution in [-0.2, 0) is 12.6 Å². The Hall–Kier alpha value is -4.13. The van der Waals surface area contributed by atoms with Gasteiger partial charge in [-0.05, 0) is 47.9 Å². The number of aryl methyl sites for hydroxylation is 1. The molecule has 34 heavy (non-hydrogen) atoms. The van der Waals surface area contributed by atoms with Gasteiger partial charge in [0.2, 0.25) is 0 Å². The first kappa shape index (κ1) is 21.7. The molecule has 2 aromatic heterocycles. The highest BCUT2D eigenvalue weighted by Crippen LogP contribution is 2.37. The van der Waals surface area contributed by atoms with Crippen LogP contribution in [0.2, 0.25) is 0 Å². The van der Waals surface area contributed by atoms with Crippen LogP contribution in [0, 0.1) is 0 Å². The molecule has 0 fully saturated rings. The maximum Gasteiger partial charge on any atom is 0.416 e. The molecule has 3 aromatic carbocycles. The van der Waals surface area contributed by atoms with Crippen molar-refractivity contribution in [1.29, 1.82) is 0 Å². The summed E-state index contributed by atoms with van der Waals surface area (Å²) in [6.45, 7) is 2.10. The van der Waals surface area contributed by atoms with Gasteiger partial charge >= 0.3 is 6.18 Å². The number of alkyl halides is 3. The SMILES string of the molecule is CCc1ccc(Nc2ncnc3c2c(-c2ccccc2)cn3-c2cccc(C(F)(F)F)c2)cc1. The molecule has 7 heteroatoms. The van der Waals surface area contributed by atoms with E-state index in [1.54, 1.807) is 10.6 Å². The number of hydrogen-bond donors (Lipinski definition) is 1. The van der Waals surface area contributed by atoms with Crippen molar-refractivity contribution in [2.45, 2.75) is 19.5 Å². The van der Waals surface area contributed by atoms with Gasteiger partial charge in [-0.15, -0.1) is 0 Å². The summed E-state index contributed by atoms with van der Waals surface area (Å²) in [7, 11) is 0. The predicted octanol–water partition coefficient (Wildman–Crippen LogP) is 7.41. The van der Waals surface area contributed by atoms with Gasteiger partial charge in [0, 0.05) is 23.1 Å². The summed E-state index contributed by atoms with van der Waals surface area (Å²) in [6, 6.07) is 23.0. The highest BCUT2D eigenvalue weighted by Gasteiger charge is 2.30. The lowest BCUT2D eigenvalue weighted by atomic mass is 10.1. The number of benzene rings is 3. The number of halogens is 3. The Morgan fingerprint density at radius 2 is 1.65 bits per heavy atom. The molecule has 5 aromatic rings. The van der Waals surface area contributed by atoms with Gasteiger partial charge < -0.3 is 9.88 Å². The predicted molar refractivity (Wildman–Crippen MR) is 128 cm³/mol. The molecule has 5 rings (SSSR count). The van der Waals surface area contributed by atoms with E-state index in [1.165, 1.54) is 18.0 Å². The van der Waals surface area contributed by atoms with E-state index in [-0.39, 0.29) is 0 Å². The van der Waals surface area contributed by atoms with Crippen LogP contribution < -0.4 is 5.32 Å². The zero-order chi connectivity index (χ0) is 23.7. The van der Waals surface area contributed by atoms with Crippen LogP contribution in [0.5, 0.6) is 0 Å². The molecule has 170 valence electrons. The molecule has 0 saturated carbocycles. The summed E-state index contributed by atoms with van der Waals surface area (Å²) < 4.78 is 41.8. The molecular formula is C27H21F3N4. The number of rotatable bonds is 5. The van der Waals surface area contributed by atoms with Gasteiger partial charge in [0.05, 0.1) is 10.9 Å². The van der Waals surface area contributed by atoms with Gasteiger partial charge in [0.25, 0.3) is 0 Å². The third-order valence-electron chi connectivity index (χ3n) is 5.74. The van der Waals surface area contributed by atoms with Crippen LogP contribution in [0.1, 0.15) is 18.1 Å². The van der Waals surface area contributed by atoms with Gasteiger partial charge in [-0.3, -0.25) is 0 Å². The molecular weight excluding hydrogens is 437 g/mol. The summed E-state index contributed by atoms with van der Waals surface area (Å²) in [5.74, 6) is 0.582. The van der Waals surface area contributed by atoms with E-state index in [0.29, 0.717) is 17.2 Å². The van der Waals surface area contributed by atoms with Gasteiger partial charge in [-0.25, -0.2) is 9.97 Å². The third-order valence-corrected chi connectivity index (χ3v) is 5.74. The lowest BCUT2D eigenvalue weighted by Crippen LogP contribution is -2.06. The zero-order valence-corrected chi connectivity index (χ0v) is 18.3. The first-order chi connectivity index (χ1) is 16.4. The highest BCUT2D eigenvalue weighted by atomic mass is 19.4. The zero-order valence-electron chi connectivity index (χ0n) is 18.3. The molecule has 0 spiro atoms. The van der Waals surface area contributed by atoms with E-state index in [0.717, 1.165) is 40.8 Å². The van der Waals surface area contributed by atoms with Gasteiger partial charge in [0.15, 0.2) is 5.65 Å². The number of hydrogen-bond acceptors (Lipinski definition) is 3. The summed E-state index contributed by atoms with van der Waals surface area (Å²) >= 11 is 0. The Balaban J connectivity index is 1.70. The van der Waals surface area contributed by atoms with E-state index < -0.39 is 11.7 Å². The standard InChI is InChI=1S/C27H21F3N4/c1-2-18-11-13-21(14-12-18)33-25-24-23(19-7-4-3-5-8-19)16-34(26(24)32-17-31-25)22-10-6-9-20(15-22)27(28,29)30/h3-17H,2H2,1H3,(H,31,32,33). The van der Waals surface area contributed by atoms with Gasteiger partial charge in [0.1, 0.15) is 12.1 Å². The molecule has 0 amide bonds. The minimum Gasteiger partial charge on any atom is -0.340 e. The molecule has 0 aliphatic rings. The van der Waals surface area contributed by atoms with E-state index in [1.807, 2.05) is 60.8 Å². The van der Waals surface area contributed by atoms with Crippen LogP contribution in [0.15, 0.2) is 91.4 Å². The van der Waals surface area contributed by atoms with Crippen LogP contribution in [0.3, 0.4) is 0 Å². The maximum absolute atomic E-state index is 13.4. The summed E-state index contributed by atoms with van der Waals surface area (Å²) in [5, 5.41) is 4.09. The Kier molecular flexibility index (Phi) is 5.53. The first-order valence-electron chi connectivity index (χ1n) is 10.9. The fourth-order valence-electron chi connectivity index (χ4n) is 3.98. The van der Waals surface area contributed by atoms with Crippen molar-refractivity contribution in [2.24, 2.45) is 0 Å². The maximum atomic E-state index is 13.4. The lowest BCUT2D eigenvalue weighted by molar-refractivity contribution is -0.137. The molecule has 0 radical (unpaired) electrons. The van der Waals surface area contributed by atoms with Crippen LogP contribution in [0.25, 0.3) is 27.8 Å². The number of nitrogens with zero attached hydrogens (tertiary/aromatic N) is 3. The monoisotopic (exact) mass is 458 g/mol. The van der Waals surface area contributed by atoms with Crippen LogP contribution in [-0.4, -0.2) is 14.5 Å². The fourth-order valence-corrected chi connectivity index (χ4v) is 3.98. The van der Waals surface area contributed by atoms with Gasteiger partial charge in [-0.1, -0.05) is 55.5 Å². The Morgan fingerprint density at radius 1 is 0.882 bits per heavy atom. The van der Waals surface area contributed by atoms with Gasteiger partial charge in [-0.2, -0.15) is 13.2 Å². The summed E-state index contributed by atoms with van der Waals surface area (Å²) in [6.07, 6.45) is -0.261. The van der Waals surface area contributed by atoms with E-state index >= 15 is 0 Å². The van der Waals surface area contributed by atoms with Crippen molar-refractivity contribution >= 4 is 22.5 Å². The van der Waals surface area contributed by atoms with Crippen molar-refractivity contribution in [3.63, 3.8) is 0 Å². The molecule has 1 N–H and O–H groups in total. The number of aromatic nitrogens is 3. The Labute approximate surface area is 194 Å². The molecule has 4 nitrogen and oxygen atoms in total. The lowest BCUT2D eigenvalue weighted by Gasteiger charge is -2.11. The average Bonchev–Trinajstić information content (AvgIpc) is 3.25. The van der Waals surface area contributed by atoms with Crippen LogP contribution >= 0.6 is 0 Å². The second-order valence-electron chi connectivity index (χ2n) is 7.92. The molecule has 0 bridgehead atoms. The largest absolute Gasteiger partial charge is 0.416 e. The minimum atomic E-state index is -4.44. The van der Waals surface area contributed by atoms with Crippen molar-refractivity contribution in [3.05, 3.63) is 103 Å². The van der Waals surface area contributed by atoms with E-state index in [9.17, 15) is 13.2 Å². The molecule has 0 aliphatic heterocycles. The minimum absolute atomic E-state index is 0.374. The highest BCUT2D eigenvalue weighted by molar-refractivity contribution is 6.03. The van der Waals surface area contributed by atoms with Crippen molar-refractivity contribution in [2.75, 3.05) is 5.32 Å². The Bertz CT molecular complexity index is 1440. The average molecular weight is 458 g/mol. The second-order valence-corrected chi connectivity index (χ2v) is 7.92. The normalized spacial score (nSPS) is 11.6. The number of anilines is 2. The summed E-state index contributed by atoms with van der Waals surface area (Å²) in [5.41, 5.74) is 4.00. The second kappa shape index (κ2) is 8.67.